The smallest absolute Gasteiger partial charge is 0.273 e. The fourth-order valence-electron chi connectivity index (χ4n) is 2.13. The van der Waals surface area contributed by atoms with E-state index in [1.54, 1.807) is 44.2 Å². The van der Waals surface area contributed by atoms with Crippen LogP contribution in [-0.4, -0.2) is 19.2 Å². The van der Waals surface area contributed by atoms with Crippen LogP contribution in [0.1, 0.15) is 19.4 Å². The van der Waals surface area contributed by atoms with Crippen LogP contribution in [0.2, 0.25) is 0 Å². The lowest BCUT2D eigenvalue weighted by Gasteiger charge is -2.23. The maximum atomic E-state index is 12.5. The number of benzene rings is 2. The van der Waals surface area contributed by atoms with Gasteiger partial charge in [-0.25, -0.2) is 13.1 Å². The molecule has 0 saturated heterocycles. The highest BCUT2D eigenvalue weighted by atomic mass is 32.2. The van der Waals surface area contributed by atoms with Crippen LogP contribution >= 0.6 is 0 Å². The zero-order valence-corrected chi connectivity index (χ0v) is 13.9. The Kier molecular flexibility index (Phi) is 4.70. The van der Waals surface area contributed by atoms with E-state index >= 15 is 0 Å². The molecule has 2 aromatic carbocycles. The van der Waals surface area contributed by atoms with Crippen molar-refractivity contribution >= 4 is 21.6 Å². The summed E-state index contributed by atoms with van der Waals surface area (Å²) in [6, 6.07) is 13.5. The number of nitro benzene ring substituents is 1. The Labute approximate surface area is 139 Å². The van der Waals surface area contributed by atoms with E-state index in [0.717, 1.165) is 12.1 Å². The van der Waals surface area contributed by atoms with Gasteiger partial charge in [-0.3, -0.25) is 14.9 Å². The normalized spacial score (nSPS) is 11.8. The molecule has 0 heterocycles. The fraction of sp³-hybridized carbons (Fsp3) is 0.188. The Morgan fingerprint density at radius 3 is 2.17 bits per heavy atom. The van der Waals surface area contributed by atoms with Gasteiger partial charge >= 0.3 is 0 Å². The molecule has 0 aliphatic heterocycles. The van der Waals surface area contributed by atoms with Crippen molar-refractivity contribution in [3.8, 4) is 0 Å². The Morgan fingerprint density at radius 1 is 1.04 bits per heavy atom. The molecule has 7 nitrogen and oxygen atoms in total. The lowest BCUT2D eigenvalue weighted by molar-refractivity contribution is -0.387. The van der Waals surface area contributed by atoms with E-state index < -0.39 is 36.9 Å². The van der Waals surface area contributed by atoms with E-state index in [2.05, 4.69) is 0 Å². The van der Waals surface area contributed by atoms with Crippen molar-refractivity contribution in [3.05, 3.63) is 70.3 Å². The molecule has 0 unspecified atom stereocenters. The molecule has 2 rings (SSSR count). The first-order chi connectivity index (χ1) is 11.2. The van der Waals surface area contributed by atoms with Gasteiger partial charge < -0.3 is 0 Å². The molecule has 0 spiro atoms. The van der Waals surface area contributed by atoms with Gasteiger partial charge in [0, 0.05) is 6.07 Å². The third-order valence-electron chi connectivity index (χ3n) is 3.64. The zero-order chi connectivity index (χ0) is 18.0. The van der Waals surface area contributed by atoms with Crippen molar-refractivity contribution in [3.63, 3.8) is 0 Å². The predicted molar refractivity (Wildman–Crippen MR) is 87.9 cm³/mol. The minimum Gasteiger partial charge on any atom is -0.273 e. The number of amides is 1. The van der Waals surface area contributed by atoms with Crippen LogP contribution in [0.15, 0.2) is 59.5 Å². The van der Waals surface area contributed by atoms with Crippen molar-refractivity contribution in [2.24, 2.45) is 0 Å². The fourth-order valence-corrected chi connectivity index (χ4v) is 3.41. The number of nitro groups is 1. The highest BCUT2D eigenvalue weighted by molar-refractivity contribution is 7.90. The van der Waals surface area contributed by atoms with E-state index in [-0.39, 0.29) is 0 Å². The first kappa shape index (κ1) is 17.6. The lowest BCUT2D eigenvalue weighted by Crippen LogP contribution is -2.43. The van der Waals surface area contributed by atoms with Crippen LogP contribution in [0, 0.1) is 10.1 Å². The highest BCUT2D eigenvalue weighted by Crippen LogP contribution is 2.26. The number of hydrogen-bond acceptors (Lipinski definition) is 5. The maximum absolute atomic E-state index is 12.5. The molecular weight excluding hydrogens is 332 g/mol. The van der Waals surface area contributed by atoms with Crippen molar-refractivity contribution < 1.29 is 18.1 Å². The molecule has 2 aromatic rings. The molecule has 0 aliphatic carbocycles. The van der Waals surface area contributed by atoms with Gasteiger partial charge in [0.2, 0.25) is 5.91 Å². The summed E-state index contributed by atoms with van der Waals surface area (Å²) in [7, 11) is -4.37. The maximum Gasteiger partial charge on any atom is 0.289 e. The molecule has 0 saturated carbocycles. The third-order valence-corrected chi connectivity index (χ3v) is 5.02. The van der Waals surface area contributed by atoms with Crippen LogP contribution in [0.4, 0.5) is 5.69 Å². The van der Waals surface area contributed by atoms with Crippen LogP contribution in [0.5, 0.6) is 0 Å². The minimum absolute atomic E-state index is 0.549. The molecule has 1 amide bonds. The van der Waals surface area contributed by atoms with Crippen LogP contribution in [-0.2, 0) is 20.2 Å². The van der Waals surface area contributed by atoms with Gasteiger partial charge in [-0.2, -0.15) is 0 Å². The van der Waals surface area contributed by atoms with E-state index in [1.165, 1.54) is 12.1 Å². The number of nitrogens with zero attached hydrogens (tertiary/aromatic N) is 1. The van der Waals surface area contributed by atoms with Crippen molar-refractivity contribution in [2.75, 3.05) is 0 Å². The topological polar surface area (TPSA) is 106 Å². The molecular formula is C16H16N2O5S. The summed E-state index contributed by atoms with van der Waals surface area (Å²) in [6.45, 7) is 3.15. The first-order valence-electron chi connectivity index (χ1n) is 7.02. The summed E-state index contributed by atoms with van der Waals surface area (Å²) in [4.78, 5) is 22.1. The summed E-state index contributed by atoms with van der Waals surface area (Å²) in [5.41, 5.74) is -1.09. The van der Waals surface area contributed by atoms with Crippen LogP contribution < -0.4 is 4.72 Å². The standard InChI is InChI=1S/C16H16N2O5S/c1-16(2,12-8-4-3-5-9-12)15(19)17-24(22,23)14-11-7-6-10-13(14)18(20)21/h3-11H,1-2H3,(H,17,19). The van der Waals surface area contributed by atoms with E-state index in [9.17, 15) is 23.3 Å². The average molecular weight is 348 g/mol. The van der Waals surface area contributed by atoms with Gasteiger partial charge in [-0.1, -0.05) is 42.5 Å². The van der Waals surface area contributed by atoms with Crippen molar-refractivity contribution in [1.82, 2.24) is 4.72 Å². The number of para-hydroxylation sites is 1. The number of carbonyl (C=O) groups excluding carboxylic acids is 1. The summed E-state index contributed by atoms with van der Waals surface area (Å²) >= 11 is 0. The summed E-state index contributed by atoms with van der Waals surface area (Å²) in [5, 5.41) is 11.0. The Hall–Kier alpha value is -2.74. The Bertz CT molecular complexity index is 876. The van der Waals surface area contributed by atoms with Crippen LogP contribution in [0.3, 0.4) is 0 Å². The number of rotatable bonds is 5. The van der Waals surface area contributed by atoms with E-state index in [1.807, 2.05) is 4.72 Å². The van der Waals surface area contributed by atoms with Crippen molar-refractivity contribution in [1.29, 1.82) is 0 Å². The largest absolute Gasteiger partial charge is 0.289 e. The highest BCUT2D eigenvalue weighted by Gasteiger charge is 2.35. The minimum atomic E-state index is -4.37. The Balaban J connectivity index is 2.37. The van der Waals surface area contributed by atoms with Gasteiger partial charge in [0.25, 0.3) is 15.7 Å². The molecule has 0 fully saturated rings. The zero-order valence-electron chi connectivity index (χ0n) is 13.1. The molecule has 0 aromatic heterocycles. The Morgan fingerprint density at radius 2 is 1.58 bits per heavy atom. The van der Waals surface area contributed by atoms with Gasteiger partial charge in [0.05, 0.1) is 10.3 Å². The molecule has 0 aliphatic rings. The number of hydrogen-bond donors (Lipinski definition) is 1. The van der Waals surface area contributed by atoms with Gasteiger partial charge in [-0.05, 0) is 25.5 Å². The molecule has 1 N–H and O–H groups in total. The van der Waals surface area contributed by atoms with Crippen LogP contribution in [0.25, 0.3) is 0 Å². The van der Waals surface area contributed by atoms with E-state index in [0.29, 0.717) is 5.56 Å². The second-order valence-electron chi connectivity index (χ2n) is 5.65. The SMILES string of the molecule is CC(C)(C(=O)NS(=O)(=O)c1ccccc1[N+](=O)[O-])c1ccccc1. The quantitative estimate of drug-likeness (QED) is 0.659. The summed E-state index contributed by atoms with van der Waals surface area (Å²) in [6.07, 6.45) is 0. The number of carbonyl (C=O) groups is 1. The molecule has 24 heavy (non-hydrogen) atoms. The first-order valence-corrected chi connectivity index (χ1v) is 8.51. The third kappa shape index (κ3) is 3.43. The number of nitrogens with one attached hydrogen (secondary N) is 1. The van der Waals surface area contributed by atoms with Gasteiger partial charge in [0.1, 0.15) is 0 Å². The monoisotopic (exact) mass is 348 g/mol. The van der Waals surface area contributed by atoms with E-state index in [4.69, 9.17) is 0 Å². The second-order valence-corrected chi connectivity index (χ2v) is 7.30. The summed E-state index contributed by atoms with van der Waals surface area (Å²) in [5.74, 6) is -0.771. The lowest BCUT2D eigenvalue weighted by atomic mass is 9.84. The summed E-state index contributed by atoms with van der Waals surface area (Å²) < 4.78 is 26.8. The molecule has 126 valence electrons. The van der Waals surface area contributed by atoms with Gasteiger partial charge in [0.15, 0.2) is 4.90 Å². The molecule has 0 bridgehead atoms. The predicted octanol–water partition coefficient (Wildman–Crippen LogP) is 2.38. The number of sulfonamides is 1. The van der Waals surface area contributed by atoms with Crippen molar-refractivity contribution in [2.45, 2.75) is 24.2 Å². The van der Waals surface area contributed by atoms with Gasteiger partial charge in [-0.15, -0.1) is 0 Å². The average Bonchev–Trinajstić information content (AvgIpc) is 2.55. The molecule has 8 heteroatoms. The molecule has 0 radical (unpaired) electrons. The molecule has 0 atom stereocenters. The second kappa shape index (κ2) is 6.40.